The SMILES string of the molecule is O=C(O)c1ccc(Cl)c(NC(=O)c2cn[nH]c2)c1. The lowest BCUT2D eigenvalue weighted by Gasteiger charge is -2.06. The Labute approximate surface area is 107 Å². The number of benzene rings is 1. The number of hydrogen-bond donors (Lipinski definition) is 3. The molecular formula is C11H8ClN3O3. The molecule has 7 heteroatoms. The average molecular weight is 266 g/mol. The van der Waals surface area contributed by atoms with E-state index in [4.69, 9.17) is 16.7 Å². The molecular weight excluding hydrogens is 258 g/mol. The first-order valence-corrected chi connectivity index (χ1v) is 5.28. The first-order valence-electron chi connectivity index (χ1n) is 4.91. The Morgan fingerprint density at radius 1 is 1.33 bits per heavy atom. The predicted octanol–water partition coefficient (Wildman–Crippen LogP) is 2.01. The van der Waals surface area contributed by atoms with E-state index < -0.39 is 11.9 Å². The minimum absolute atomic E-state index is 0.0434. The standard InChI is InChI=1S/C11H8ClN3O3/c12-8-2-1-6(11(17)18)3-9(8)15-10(16)7-4-13-14-5-7/h1-5H,(H,13,14)(H,15,16)(H,17,18). The fourth-order valence-electron chi connectivity index (χ4n) is 1.32. The van der Waals surface area contributed by atoms with Gasteiger partial charge in [-0.05, 0) is 18.2 Å². The van der Waals surface area contributed by atoms with Crippen LogP contribution in [0.5, 0.6) is 0 Å². The van der Waals surface area contributed by atoms with Crippen LogP contribution in [-0.4, -0.2) is 27.2 Å². The van der Waals surface area contributed by atoms with Gasteiger partial charge >= 0.3 is 5.97 Å². The first-order chi connectivity index (χ1) is 8.58. The fourth-order valence-corrected chi connectivity index (χ4v) is 1.49. The van der Waals surface area contributed by atoms with Crippen LogP contribution >= 0.6 is 11.6 Å². The maximum Gasteiger partial charge on any atom is 0.335 e. The van der Waals surface area contributed by atoms with Gasteiger partial charge in [0.1, 0.15) is 0 Å². The van der Waals surface area contributed by atoms with Crippen LogP contribution in [0.4, 0.5) is 5.69 Å². The summed E-state index contributed by atoms with van der Waals surface area (Å²) in [5, 5.41) is 17.8. The maximum absolute atomic E-state index is 11.7. The van der Waals surface area contributed by atoms with Gasteiger partial charge in [-0.25, -0.2) is 4.79 Å². The van der Waals surface area contributed by atoms with Crippen molar-refractivity contribution in [3.05, 3.63) is 46.7 Å². The zero-order chi connectivity index (χ0) is 13.1. The number of carboxylic acids is 1. The molecule has 0 unspecified atom stereocenters. The van der Waals surface area contributed by atoms with E-state index in [2.05, 4.69) is 15.5 Å². The number of aromatic nitrogens is 2. The van der Waals surface area contributed by atoms with Gasteiger partial charge in [-0.15, -0.1) is 0 Å². The van der Waals surface area contributed by atoms with Crippen molar-refractivity contribution in [1.29, 1.82) is 0 Å². The summed E-state index contributed by atoms with van der Waals surface area (Å²) in [6, 6.07) is 4.07. The Hall–Kier alpha value is -2.34. The second kappa shape index (κ2) is 4.89. The molecule has 0 aliphatic heterocycles. The summed E-state index contributed by atoms with van der Waals surface area (Å²) < 4.78 is 0. The number of carbonyl (C=O) groups is 2. The highest BCUT2D eigenvalue weighted by Crippen LogP contribution is 2.23. The van der Waals surface area contributed by atoms with Crippen LogP contribution in [0, 0.1) is 0 Å². The second-order valence-electron chi connectivity index (χ2n) is 3.44. The number of rotatable bonds is 3. The van der Waals surface area contributed by atoms with E-state index >= 15 is 0 Å². The third-order valence-electron chi connectivity index (χ3n) is 2.22. The molecule has 0 saturated carbocycles. The molecule has 0 saturated heterocycles. The van der Waals surface area contributed by atoms with E-state index in [1.54, 1.807) is 0 Å². The zero-order valence-electron chi connectivity index (χ0n) is 8.98. The van der Waals surface area contributed by atoms with Gasteiger partial charge in [0.05, 0.1) is 28.0 Å². The van der Waals surface area contributed by atoms with E-state index in [1.165, 1.54) is 30.6 Å². The topological polar surface area (TPSA) is 95.1 Å². The van der Waals surface area contributed by atoms with Crippen LogP contribution < -0.4 is 5.32 Å². The Morgan fingerprint density at radius 3 is 2.72 bits per heavy atom. The van der Waals surface area contributed by atoms with Gasteiger partial charge in [0.2, 0.25) is 0 Å². The highest BCUT2D eigenvalue weighted by Gasteiger charge is 2.12. The van der Waals surface area contributed by atoms with Crippen molar-refractivity contribution in [2.75, 3.05) is 5.32 Å². The molecule has 1 aromatic heterocycles. The van der Waals surface area contributed by atoms with Crippen LogP contribution in [-0.2, 0) is 0 Å². The quantitative estimate of drug-likeness (QED) is 0.791. The minimum atomic E-state index is -1.09. The number of aromatic amines is 1. The van der Waals surface area contributed by atoms with Gasteiger partial charge < -0.3 is 10.4 Å². The molecule has 1 heterocycles. The van der Waals surface area contributed by atoms with Gasteiger partial charge in [-0.3, -0.25) is 9.89 Å². The molecule has 3 N–H and O–H groups in total. The van der Waals surface area contributed by atoms with Crippen molar-refractivity contribution in [2.45, 2.75) is 0 Å². The number of nitrogens with one attached hydrogen (secondary N) is 2. The summed E-state index contributed by atoms with van der Waals surface area (Å²) >= 11 is 5.88. The molecule has 0 atom stereocenters. The highest BCUT2D eigenvalue weighted by atomic mass is 35.5. The molecule has 0 radical (unpaired) electrons. The Morgan fingerprint density at radius 2 is 2.11 bits per heavy atom. The number of nitrogens with zero attached hydrogens (tertiary/aromatic N) is 1. The molecule has 0 fully saturated rings. The van der Waals surface area contributed by atoms with Gasteiger partial charge in [0.15, 0.2) is 0 Å². The molecule has 18 heavy (non-hydrogen) atoms. The van der Waals surface area contributed by atoms with Crippen LogP contribution in [0.25, 0.3) is 0 Å². The van der Waals surface area contributed by atoms with Crippen molar-refractivity contribution >= 4 is 29.2 Å². The van der Waals surface area contributed by atoms with E-state index in [0.717, 1.165) is 0 Å². The van der Waals surface area contributed by atoms with Crippen molar-refractivity contribution in [3.63, 3.8) is 0 Å². The summed E-state index contributed by atoms with van der Waals surface area (Å²) in [6.07, 6.45) is 2.77. The molecule has 6 nitrogen and oxygen atoms in total. The van der Waals surface area contributed by atoms with Crippen molar-refractivity contribution in [2.24, 2.45) is 0 Å². The average Bonchev–Trinajstić information content (AvgIpc) is 2.85. The van der Waals surface area contributed by atoms with Gasteiger partial charge in [0.25, 0.3) is 5.91 Å². The molecule has 0 bridgehead atoms. The Bertz CT molecular complexity index is 596. The largest absolute Gasteiger partial charge is 0.478 e. The number of aromatic carboxylic acids is 1. The van der Waals surface area contributed by atoms with Crippen LogP contribution in [0.15, 0.2) is 30.6 Å². The monoisotopic (exact) mass is 265 g/mol. The molecule has 1 aromatic carbocycles. The minimum Gasteiger partial charge on any atom is -0.478 e. The Kier molecular flexibility index (Phi) is 3.29. The number of anilines is 1. The molecule has 1 amide bonds. The third kappa shape index (κ3) is 2.49. The normalized spacial score (nSPS) is 10.1. The molecule has 0 aliphatic carbocycles. The van der Waals surface area contributed by atoms with Crippen molar-refractivity contribution < 1.29 is 14.7 Å². The molecule has 0 aliphatic rings. The number of carboxylic acid groups (broad SMARTS) is 1. The number of halogens is 1. The number of carbonyl (C=O) groups excluding carboxylic acids is 1. The summed E-state index contributed by atoms with van der Waals surface area (Å²) in [5.41, 5.74) is 0.608. The lowest BCUT2D eigenvalue weighted by Crippen LogP contribution is -2.12. The van der Waals surface area contributed by atoms with Gasteiger partial charge in [-0.1, -0.05) is 11.6 Å². The van der Waals surface area contributed by atoms with Crippen molar-refractivity contribution in [1.82, 2.24) is 10.2 Å². The highest BCUT2D eigenvalue weighted by molar-refractivity contribution is 6.34. The summed E-state index contributed by atoms with van der Waals surface area (Å²) in [6.45, 7) is 0. The maximum atomic E-state index is 11.7. The van der Waals surface area contributed by atoms with Crippen LogP contribution in [0.2, 0.25) is 5.02 Å². The van der Waals surface area contributed by atoms with E-state index in [9.17, 15) is 9.59 Å². The first kappa shape index (κ1) is 12.1. The molecule has 92 valence electrons. The number of amides is 1. The predicted molar refractivity (Wildman–Crippen MR) is 65.0 cm³/mol. The summed E-state index contributed by atoms with van der Waals surface area (Å²) in [7, 11) is 0. The van der Waals surface area contributed by atoms with Crippen LogP contribution in [0.1, 0.15) is 20.7 Å². The molecule has 2 rings (SSSR count). The second-order valence-corrected chi connectivity index (χ2v) is 3.85. The lowest BCUT2D eigenvalue weighted by molar-refractivity contribution is 0.0696. The van der Waals surface area contributed by atoms with E-state index in [-0.39, 0.29) is 16.3 Å². The zero-order valence-corrected chi connectivity index (χ0v) is 9.73. The number of hydrogen-bond acceptors (Lipinski definition) is 3. The van der Waals surface area contributed by atoms with E-state index in [1.807, 2.05) is 0 Å². The Balaban J connectivity index is 2.26. The summed E-state index contributed by atoms with van der Waals surface area (Å²) in [4.78, 5) is 22.5. The lowest BCUT2D eigenvalue weighted by atomic mass is 10.2. The van der Waals surface area contributed by atoms with E-state index in [0.29, 0.717) is 5.56 Å². The smallest absolute Gasteiger partial charge is 0.335 e. The fraction of sp³-hybridized carbons (Fsp3) is 0. The molecule has 2 aromatic rings. The third-order valence-corrected chi connectivity index (χ3v) is 2.55. The summed E-state index contributed by atoms with van der Waals surface area (Å²) in [5.74, 6) is -1.52. The van der Waals surface area contributed by atoms with Gasteiger partial charge in [0, 0.05) is 6.20 Å². The van der Waals surface area contributed by atoms with Gasteiger partial charge in [-0.2, -0.15) is 5.10 Å². The number of H-pyrrole nitrogens is 1. The molecule has 0 spiro atoms. The van der Waals surface area contributed by atoms with Crippen molar-refractivity contribution in [3.8, 4) is 0 Å². The van der Waals surface area contributed by atoms with Crippen LogP contribution in [0.3, 0.4) is 0 Å².